The molecule has 0 N–H and O–H groups in total. The van der Waals surface area contributed by atoms with E-state index in [2.05, 4.69) is 12.1 Å². The van der Waals surface area contributed by atoms with E-state index in [1.807, 2.05) is 48.5 Å². The highest BCUT2D eigenvalue weighted by atomic mass is 32.2. The second-order valence-corrected chi connectivity index (χ2v) is 11.2. The summed E-state index contributed by atoms with van der Waals surface area (Å²) in [5.41, 5.74) is 0.286. The van der Waals surface area contributed by atoms with Crippen LogP contribution in [0.2, 0.25) is 0 Å². The molecule has 5 rings (SSSR count). The largest absolute Gasteiger partial charge is 0.482 e. The van der Waals surface area contributed by atoms with Crippen LogP contribution >= 0.6 is 10.5 Å². The summed E-state index contributed by atoms with van der Waals surface area (Å²) in [5, 5.41) is 2.13. The summed E-state index contributed by atoms with van der Waals surface area (Å²) in [7, 11) is 1.03. The number of thiophene rings is 1. The molecule has 0 bridgehead atoms. The van der Waals surface area contributed by atoms with Gasteiger partial charge in [0.05, 0.1) is 12.7 Å². The summed E-state index contributed by atoms with van der Waals surface area (Å²) in [4.78, 5) is 25.7. The first-order valence-corrected chi connectivity index (χ1v) is 13.3. The summed E-state index contributed by atoms with van der Waals surface area (Å²) in [6, 6.07) is 27.4. The van der Waals surface area contributed by atoms with Crippen LogP contribution in [0.1, 0.15) is 29.8 Å². The summed E-state index contributed by atoms with van der Waals surface area (Å²) in [6.45, 7) is 3.25. The van der Waals surface area contributed by atoms with E-state index in [1.54, 1.807) is 32.0 Å². The predicted molar refractivity (Wildman–Crippen MR) is 148 cm³/mol. The first kappa shape index (κ1) is 25.4. The van der Waals surface area contributed by atoms with Gasteiger partial charge >= 0.3 is 11.9 Å². The van der Waals surface area contributed by atoms with Crippen molar-refractivity contribution in [3.63, 3.8) is 0 Å². The molecule has 0 saturated carbocycles. The topological polar surface area (TPSA) is 61.8 Å². The fraction of sp³-hybridized carbons (Fsp3) is 0.161. The Morgan fingerprint density at radius 1 is 0.842 bits per heavy atom. The minimum atomic E-state index is -0.921. The zero-order valence-corrected chi connectivity index (χ0v) is 22.0. The Bertz CT molecular complexity index is 1640. The number of rotatable bonds is 7. The van der Waals surface area contributed by atoms with Gasteiger partial charge in [-0.25, -0.2) is 14.0 Å². The van der Waals surface area contributed by atoms with Gasteiger partial charge in [-0.15, -0.1) is 0 Å². The van der Waals surface area contributed by atoms with Gasteiger partial charge in [-0.1, -0.05) is 24.3 Å². The molecule has 1 unspecified atom stereocenters. The average molecular weight is 530 g/mol. The number of ether oxygens (including phenoxy) is 3. The van der Waals surface area contributed by atoms with Crippen LogP contribution in [-0.2, 0) is 19.9 Å². The minimum Gasteiger partial charge on any atom is -0.482 e. The van der Waals surface area contributed by atoms with Gasteiger partial charge in [-0.2, -0.15) is 0 Å². The van der Waals surface area contributed by atoms with Crippen molar-refractivity contribution >= 4 is 42.6 Å². The molecular weight excluding hydrogens is 503 g/mol. The van der Waals surface area contributed by atoms with Crippen molar-refractivity contribution in [1.29, 1.82) is 0 Å². The van der Waals surface area contributed by atoms with Crippen LogP contribution in [0.3, 0.4) is 0 Å². The molecule has 0 fully saturated rings. The lowest BCUT2D eigenvalue weighted by molar-refractivity contribution is -0.159. The highest BCUT2D eigenvalue weighted by Gasteiger charge is 2.27. The quantitative estimate of drug-likeness (QED) is 0.161. The van der Waals surface area contributed by atoms with Crippen molar-refractivity contribution in [3.8, 4) is 10.6 Å². The Hall–Kier alpha value is -4.23. The fourth-order valence-electron chi connectivity index (χ4n) is 4.44. The molecule has 5 aromatic rings. The molecule has 7 heteroatoms. The van der Waals surface area contributed by atoms with Crippen molar-refractivity contribution in [2.75, 3.05) is 13.7 Å². The van der Waals surface area contributed by atoms with Crippen LogP contribution in [0.5, 0.6) is 5.75 Å². The predicted octanol–water partition coefficient (Wildman–Crippen LogP) is 7.51. The van der Waals surface area contributed by atoms with Gasteiger partial charge in [0.1, 0.15) is 17.2 Å². The molecule has 4 aromatic carbocycles. The Labute approximate surface area is 222 Å². The molecular formula is C31H26FO5S+. The highest BCUT2D eigenvalue weighted by Crippen LogP contribution is 2.48. The van der Waals surface area contributed by atoms with E-state index in [4.69, 9.17) is 14.2 Å². The third-order valence-corrected chi connectivity index (χ3v) is 8.68. The lowest BCUT2D eigenvalue weighted by atomic mass is 9.98. The molecule has 0 saturated heterocycles. The second kappa shape index (κ2) is 10.3. The van der Waals surface area contributed by atoms with Gasteiger partial charge in [0.15, 0.2) is 20.9 Å². The maximum atomic E-state index is 13.2. The fourth-order valence-corrected chi connectivity index (χ4v) is 6.80. The molecule has 0 aliphatic carbocycles. The molecule has 0 radical (unpaired) electrons. The third kappa shape index (κ3) is 4.97. The monoisotopic (exact) mass is 529 g/mol. The van der Waals surface area contributed by atoms with Crippen LogP contribution in [0.25, 0.3) is 25.1 Å². The molecule has 1 atom stereocenters. The number of esters is 2. The number of hydrogen-bond acceptors (Lipinski definition) is 5. The Balaban J connectivity index is 1.35. The van der Waals surface area contributed by atoms with Crippen molar-refractivity contribution in [2.45, 2.75) is 19.4 Å². The highest BCUT2D eigenvalue weighted by molar-refractivity contribution is 7.50. The van der Waals surface area contributed by atoms with E-state index in [9.17, 15) is 14.0 Å². The number of fused-ring (bicyclic) bond motifs is 3. The van der Waals surface area contributed by atoms with Gasteiger partial charge in [0.25, 0.3) is 0 Å². The van der Waals surface area contributed by atoms with Gasteiger partial charge < -0.3 is 14.2 Å². The van der Waals surface area contributed by atoms with Crippen molar-refractivity contribution in [2.24, 2.45) is 0 Å². The first-order valence-electron chi connectivity index (χ1n) is 12.0. The Morgan fingerprint density at radius 3 is 2.24 bits per heavy atom. The van der Waals surface area contributed by atoms with Crippen LogP contribution < -0.4 is 4.74 Å². The maximum Gasteiger partial charge on any atom is 0.345 e. The van der Waals surface area contributed by atoms with Crippen LogP contribution in [0.4, 0.5) is 4.39 Å². The van der Waals surface area contributed by atoms with Crippen LogP contribution in [-0.4, -0.2) is 25.7 Å². The van der Waals surface area contributed by atoms with Gasteiger partial charge in [-0.05, 0) is 74.0 Å². The molecule has 192 valence electrons. The number of carbonyl (C=O) groups excluding carboxylic acids is 2. The third-order valence-electron chi connectivity index (χ3n) is 6.34. The normalized spacial score (nSPS) is 11.9. The average Bonchev–Trinajstić information content (AvgIpc) is 3.25. The van der Waals surface area contributed by atoms with Crippen molar-refractivity contribution in [3.05, 3.63) is 108 Å². The van der Waals surface area contributed by atoms with E-state index in [0.717, 1.165) is 20.4 Å². The van der Waals surface area contributed by atoms with Crippen molar-refractivity contribution < 1.29 is 28.2 Å². The molecule has 38 heavy (non-hydrogen) atoms. The number of benzene rings is 4. The number of halogens is 1. The van der Waals surface area contributed by atoms with E-state index in [1.165, 1.54) is 23.9 Å². The summed E-state index contributed by atoms with van der Waals surface area (Å²) in [5.74, 6) is -0.690. The van der Waals surface area contributed by atoms with E-state index < -0.39 is 11.6 Å². The van der Waals surface area contributed by atoms with Crippen LogP contribution in [0, 0.1) is 5.82 Å². The smallest absolute Gasteiger partial charge is 0.345 e. The van der Waals surface area contributed by atoms with Gasteiger partial charge in [0, 0.05) is 33.4 Å². The van der Waals surface area contributed by atoms with E-state index in [0.29, 0.717) is 16.9 Å². The Morgan fingerprint density at radius 2 is 1.53 bits per heavy atom. The Kier molecular flexibility index (Phi) is 6.87. The number of methoxy groups -OCH3 is 1. The summed E-state index contributed by atoms with van der Waals surface area (Å²) >= 11 is 0. The van der Waals surface area contributed by atoms with Crippen LogP contribution in [0.15, 0.2) is 91.0 Å². The van der Waals surface area contributed by atoms with E-state index >= 15 is 0 Å². The number of hydrogen-bond donors (Lipinski definition) is 0. The molecule has 0 aliphatic heterocycles. The maximum absolute atomic E-state index is 13.2. The molecule has 0 aliphatic rings. The lowest BCUT2D eigenvalue weighted by Crippen LogP contribution is -2.28. The second-order valence-electron chi connectivity index (χ2n) is 9.26. The molecule has 1 aromatic heterocycles. The SMILES string of the molecule is COC(=O)c1ccc2c(c1)c1ccccc1[s+]2-c1ccc(OCC(=O)OC(C)(C)c2ccc(F)cc2)cc1. The molecule has 0 amide bonds. The molecule has 1 heterocycles. The minimum absolute atomic E-state index is 0.252. The summed E-state index contributed by atoms with van der Waals surface area (Å²) in [6.07, 6.45) is 0. The van der Waals surface area contributed by atoms with E-state index in [-0.39, 0.29) is 28.9 Å². The zero-order chi connectivity index (χ0) is 26.9. The summed E-state index contributed by atoms with van der Waals surface area (Å²) < 4.78 is 31.7. The van der Waals surface area contributed by atoms with Gasteiger partial charge in [0.2, 0.25) is 0 Å². The number of carbonyl (C=O) groups is 2. The standard InChI is InChI=1S/C31H26FO5S/c1-31(2,21-9-11-22(32)12-10-21)37-29(33)19-36-23-13-15-24(16-14-23)38-27-7-5-4-6-25(27)26-18-20(30(34)35-3)8-17-28(26)38/h4-18H,19H2,1-3H3/q+1. The molecule has 0 spiro atoms. The molecule has 5 nitrogen and oxygen atoms in total. The van der Waals surface area contributed by atoms with Crippen molar-refractivity contribution in [1.82, 2.24) is 0 Å². The van der Waals surface area contributed by atoms with Gasteiger partial charge in [-0.3, -0.25) is 0 Å². The first-order chi connectivity index (χ1) is 18.3. The zero-order valence-electron chi connectivity index (χ0n) is 21.2. The lowest BCUT2D eigenvalue weighted by Gasteiger charge is -2.25.